The zero-order valence-corrected chi connectivity index (χ0v) is 18.7. The van der Waals surface area contributed by atoms with Gasteiger partial charge in [0.2, 0.25) is 15.9 Å². The Morgan fingerprint density at radius 2 is 1.74 bits per heavy atom. The third-order valence-electron chi connectivity index (χ3n) is 5.86. The van der Waals surface area contributed by atoms with Gasteiger partial charge in [-0.2, -0.15) is 0 Å². The first kappa shape index (κ1) is 22.2. The highest BCUT2D eigenvalue weighted by molar-refractivity contribution is 7.89. The largest absolute Gasteiger partial charge is 0.586 e. The number of halogens is 2. The zero-order valence-electron chi connectivity index (χ0n) is 17.8. The molecule has 3 aromatic rings. The molecular weight excluding hydrogens is 468 g/mol. The first-order valence-corrected chi connectivity index (χ1v) is 11.8. The number of sulfonamides is 1. The lowest BCUT2D eigenvalue weighted by molar-refractivity contribution is -0.286. The maximum Gasteiger partial charge on any atom is 0.586 e. The average Bonchev–Trinajstić information content (AvgIpc) is 3.56. The van der Waals surface area contributed by atoms with Crippen molar-refractivity contribution < 1.29 is 34.3 Å². The van der Waals surface area contributed by atoms with E-state index in [-0.39, 0.29) is 25.2 Å². The standard InChI is InChI=1S/C23H19F2N3O5S.2H2/c1-26-34(30,31)16-8-5-14(6-9-16)17-3-2-4-20(27-17)28-21(29)22(11-12-22)15-7-10-18-19(13-15)33-23(24,25)32-18;;/h2-10,13,26H,11-12H2,1H3,(H,27,28,29);2*1H. The van der Waals surface area contributed by atoms with Crippen LogP contribution in [-0.2, 0) is 20.2 Å². The Bertz CT molecular complexity index is 1400. The molecule has 0 saturated heterocycles. The number of rotatable bonds is 6. The maximum atomic E-state index is 13.3. The molecule has 2 aromatic carbocycles. The number of carbonyl (C=O) groups excluding carboxylic acids is 1. The summed E-state index contributed by atoms with van der Waals surface area (Å²) in [5.74, 6) is -0.176. The van der Waals surface area contributed by atoms with Crippen molar-refractivity contribution in [3.63, 3.8) is 0 Å². The van der Waals surface area contributed by atoms with Crippen molar-refractivity contribution in [2.24, 2.45) is 0 Å². The second-order valence-corrected chi connectivity index (χ2v) is 9.89. The molecule has 1 aromatic heterocycles. The SMILES string of the molecule is CNS(=O)(=O)c1ccc(-c2cccc(NC(=O)C3(c4ccc5c(c4)OC(F)(F)O5)CC3)n2)cc1.[HH].[HH]. The van der Waals surface area contributed by atoms with Crippen molar-refractivity contribution in [1.29, 1.82) is 0 Å². The molecular formula is C23H23F2N3O5S. The van der Waals surface area contributed by atoms with Crippen LogP contribution in [0.25, 0.3) is 11.3 Å². The lowest BCUT2D eigenvalue weighted by Crippen LogP contribution is -2.28. The number of nitrogens with zero attached hydrogens (tertiary/aromatic N) is 1. The van der Waals surface area contributed by atoms with Crippen LogP contribution in [0.4, 0.5) is 14.6 Å². The first-order chi connectivity index (χ1) is 16.1. The van der Waals surface area contributed by atoms with Gasteiger partial charge in [0.15, 0.2) is 11.5 Å². The molecule has 1 aliphatic heterocycles. The van der Waals surface area contributed by atoms with Crippen molar-refractivity contribution in [2.75, 3.05) is 12.4 Å². The van der Waals surface area contributed by atoms with Crippen LogP contribution in [0.15, 0.2) is 65.6 Å². The second kappa shape index (κ2) is 7.74. The lowest BCUT2D eigenvalue weighted by atomic mass is 9.94. The van der Waals surface area contributed by atoms with Gasteiger partial charge in [0.1, 0.15) is 5.82 Å². The summed E-state index contributed by atoms with van der Waals surface area (Å²) in [6, 6.07) is 15.7. The summed E-state index contributed by atoms with van der Waals surface area (Å²) in [5.41, 5.74) is 0.907. The van der Waals surface area contributed by atoms with Crippen LogP contribution in [0.2, 0.25) is 0 Å². The molecule has 1 aliphatic carbocycles. The number of fused-ring (bicyclic) bond motifs is 1. The van der Waals surface area contributed by atoms with Crippen molar-refractivity contribution >= 4 is 21.7 Å². The number of hydrogen-bond acceptors (Lipinski definition) is 6. The monoisotopic (exact) mass is 491 g/mol. The van der Waals surface area contributed by atoms with Gasteiger partial charge in [-0.1, -0.05) is 24.3 Å². The summed E-state index contributed by atoms with van der Waals surface area (Å²) in [5, 5.41) is 2.81. The van der Waals surface area contributed by atoms with E-state index in [2.05, 4.69) is 24.5 Å². The summed E-state index contributed by atoms with van der Waals surface area (Å²) in [4.78, 5) is 17.7. The number of alkyl halides is 2. The molecule has 1 saturated carbocycles. The van der Waals surface area contributed by atoms with Crippen LogP contribution in [0.1, 0.15) is 21.3 Å². The minimum Gasteiger partial charge on any atom is -0.395 e. The molecule has 0 unspecified atom stereocenters. The van der Waals surface area contributed by atoms with Gasteiger partial charge in [0.25, 0.3) is 0 Å². The number of hydrogen-bond donors (Lipinski definition) is 2. The zero-order chi connectivity index (χ0) is 24.1. The molecule has 2 heterocycles. The summed E-state index contributed by atoms with van der Waals surface area (Å²) >= 11 is 0. The summed E-state index contributed by atoms with van der Waals surface area (Å²) < 4.78 is 61.7. The van der Waals surface area contributed by atoms with Crippen LogP contribution in [0.3, 0.4) is 0 Å². The van der Waals surface area contributed by atoms with E-state index in [9.17, 15) is 22.0 Å². The normalized spacial score (nSPS) is 17.3. The molecule has 0 radical (unpaired) electrons. The van der Waals surface area contributed by atoms with Crippen molar-refractivity contribution in [3.05, 3.63) is 66.2 Å². The first-order valence-electron chi connectivity index (χ1n) is 10.3. The van der Waals surface area contributed by atoms with Gasteiger partial charge in [-0.15, -0.1) is 8.78 Å². The van der Waals surface area contributed by atoms with Crippen LogP contribution in [0, 0.1) is 0 Å². The Morgan fingerprint density at radius 3 is 2.41 bits per heavy atom. The van der Waals surface area contributed by atoms with E-state index in [1.54, 1.807) is 36.4 Å². The van der Waals surface area contributed by atoms with Crippen LogP contribution in [-0.4, -0.2) is 32.7 Å². The van der Waals surface area contributed by atoms with E-state index in [1.165, 1.54) is 31.3 Å². The number of nitrogens with one attached hydrogen (secondary N) is 2. The van der Waals surface area contributed by atoms with Crippen molar-refractivity contribution in [2.45, 2.75) is 29.4 Å². The Hall–Kier alpha value is -3.57. The minimum absolute atomic E-state index is 0. The Kier molecular flexibility index (Phi) is 5.06. The molecule has 0 atom stereocenters. The molecule has 8 nitrogen and oxygen atoms in total. The molecule has 5 rings (SSSR count). The third kappa shape index (κ3) is 3.97. The number of anilines is 1. The van der Waals surface area contributed by atoms with E-state index in [1.807, 2.05) is 0 Å². The van der Waals surface area contributed by atoms with Crippen LogP contribution >= 0.6 is 0 Å². The number of pyridine rings is 1. The van der Waals surface area contributed by atoms with E-state index >= 15 is 0 Å². The van der Waals surface area contributed by atoms with Crippen LogP contribution in [0.5, 0.6) is 11.5 Å². The van der Waals surface area contributed by atoms with E-state index in [4.69, 9.17) is 0 Å². The number of benzene rings is 2. The summed E-state index contributed by atoms with van der Waals surface area (Å²) in [7, 11) is -2.22. The third-order valence-corrected chi connectivity index (χ3v) is 7.29. The number of carbonyl (C=O) groups is 1. The molecule has 1 amide bonds. The Morgan fingerprint density at radius 1 is 1.03 bits per heavy atom. The fourth-order valence-corrected chi connectivity index (χ4v) is 4.57. The highest BCUT2D eigenvalue weighted by Crippen LogP contribution is 2.52. The smallest absolute Gasteiger partial charge is 0.395 e. The highest BCUT2D eigenvalue weighted by atomic mass is 32.2. The highest BCUT2D eigenvalue weighted by Gasteiger charge is 2.53. The predicted molar refractivity (Wildman–Crippen MR) is 122 cm³/mol. The lowest BCUT2D eigenvalue weighted by Gasteiger charge is -2.16. The van der Waals surface area contributed by atoms with Crippen LogP contribution < -0.4 is 19.5 Å². The van der Waals surface area contributed by atoms with Gasteiger partial charge in [0, 0.05) is 8.42 Å². The second-order valence-electron chi connectivity index (χ2n) is 8.01. The molecule has 180 valence electrons. The molecule has 1 fully saturated rings. The average molecular weight is 492 g/mol. The number of ether oxygens (including phenoxy) is 2. The van der Waals surface area contributed by atoms with Gasteiger partial charge >= 0.3 is 6.29 Å². The minimum atomic E-state index is -3.72. The summed E-state index contributed by atoms with van der Waals surface area (Å²) in [6.07, 6.45) is -2.62. The number of amides is 1. The number of aromatic nitrogens is 1. The maximum absolute atomic E-state index is 13.3. The van der Waals surface area contributed by atoms with Gasteiger partial charge in [0.05, 0.1) is 16.0 Å². The van der Waals surface area contributed by atoms with E-state index in [0.29, 0.717) is 35.5 Å². The topological polar surface area (TPSA) is 107 Å². The molecule has 2 aliphatic rings. The van der Waals surface area contributed by atoms with E-state index in [0.717, 1.165) is 0 Å². The quantitative estimate of drug-likeness (QED) is 0.537. The van der Waals surface area contributed by atoms with Crippen molar-refractivity contribution in [1.82, 2.24) is 9.71 Å². The fraction of sp³-hybridized carbons (Fsp3) is 0.217. The predicted octanol–water partition coefficient (Wildman–Crippen LogP) is 4.14. The van der Waals surface area contributed by atoms with Gasteiger partial charge in [-0.05, 0) is 61.9 Å². The molecule has 11 heteroatoms. The molecule has 34 heavy (non-hydrogen) atoms. The van der Waals surface area contributed by atoms with Gasteiger partial charge in [-0.25, -0.2) is 18.1 Å². The molecule has 0 spiro atoms. The molecule has 2 N–H and O–H groups in total. The Balaban J connectivity index is 0.00000180. The molecule has 0 bridgehead atoms. The summed E-state index contributed by atoms with van der Waals surface area (Å²) in [6.45, 7) is 0. The van der Waals surface area contributed by atoms with Gasteiger partial charge < -0.3 is 14.8 Å². The van der Waals surface area contributed by atoms with Gasteiger partial charge in [-0.3, -0.25) is 4.79 Å². The van der Waals surface area contributed by atoms with E-state index < -0.39 is 21.7 Å². The van der Waals surface area contributed by atoms with Crippen molar-refractivity contribution in [3.8, 4) is 22.8 Å². The Labute approximate surface area is 196 Å². The fourth-order valence-electron chi connectivity index (χ4n) is 3.84.